The standard InChI is InChI=1S/C11H14O3/c1-7-4-3-5-9(8(7)2)10(12)6-11(13)14/h3-5,10,12H,6H2,1-2H3,(H,13,14)/t10-/m1/s1. The highest BCUT2D eigenvalue weighted by molar-refractivity contribution is 5.67. The minimum absolute atomic E-state index is 0.246. The van der Waals surface area contributed by atoms with Gasteiger partial charge in [-0.2, -0.15) is 0 Å². The summed E-state index contributed by atoms with van der Waals surface area (Å²) >= 11 is 0. The number of aryl methyl sites for hydroxylation is 1. The van der Waals surface area contributed by atoms with Gasteiger partial charge in [0, 0.05) is 0 Å². The minimum Gasteiger partial charge on any atom is -0.481 e. The van der Waals surface area contributed by atoms with Crippen molar-refractivity contribution < 1.29 is 15.0 Å². The minimum atomic E-state index is -0.988. The molecule has 1 aromatic carbocycles. The van der Waals surface area contributed by atoms with Gasteiger partial charge in [0.2, 0.25) is 0 Å². The number of aliphatic hydroxyl groups excluding tert-OH is 1. The molecule has 1 rings (SSSR count). The van der Waals surface area contributed by atoms with Gasteiger partial charge in [0.1, 0.15) is 0 Å². The van der Waals surface area contributed by atoms with E-state index in [1.165, 1.54) is 0 Å². The highest BCUT2D eigenvalue weighted by Crippen LogP contribution is 2.22. The number of aliphatic carboxylic acids is 1. The normalized spacial score (nSPS) is 12.5. The van der Waals surface area contributed by atoms with Crippen LogP contribution in [0.4, 0.5) is 0 Å². The van der Waals surface area contributed by atoms with Gasteiger partial charge in [0.05, 0.1) is 12.5 Å². The number of carboxylic acids is 1. The van der Waals surface area contributed by atoms with Crippen LogP contribution in [0.2, 0.25) is 0 Å². The van der Waals surface area contributed by atoms with Crippen LogP contribution in [0, 0.1) is 13.8 Å². The predicted molar refractivity (Wildman–Crippen MR) is 53.1 cm³/mol. The molecular weight excluding hydrogens is 180 g/mol. The van der Waals surface area contributed by atoms with Crippen LogP contribution in [0.25, 0.3) is 0 Å². The summed E-state index contributed by atoms with van der Waals surface area (Å²) in [6.45, 7) is 3.82. The molecule has 1 atom stereocenters. The van der Waals surface area contributed by atoms with Crippen LogP contribution in [-0.4, -0.2) is 16.2 Å². The molecule has 0 radical (unpaired) electrons. The van der Waals surface area contributed by atoms with Crippen LogP contribution < -0.4 is 0 Å². The molecule has 0 aromatic heterocycles. The molecule has 3 nitrogen and oxygen atoms in total. The lowest BCUT2D eigenvalue weighted by Gasteiger charge is -2.13. The van der Waals surface area contributed by atoms with Crippen molar-refractivity contribution in [2.24, 2.45) is 0 Å². The predicted octanol–water partition coefficient (Wildman–Crippen LogP) is 1.81. The summed E-state index contributed by atoms with van der Waals surface area (Å²) in [6.07, 6.45) is -1.16. The summed E-state index contributed by atoms with van der Waals surface area (Å²) in [5.74, 6) is -0.988. The average molecular weight is 194 g/mol. The highest BCUT2D eigenvalue weighted by Gasteiger charge is 2.14. The molecule has 2 N–H and O–H groups in total. The molecule has 76 valence electrons. The molecule has 0 amide bonds. The van der Waals surface area contributed by atoms with Gasteiger partial charge in [-0.1, -0.05) is 18.2 Å². The van der Waals surface area contributed by atoms with Crippen LogP contribution in [0.15, 0.2) is 18.2 Å². The highest BCUT2D eigenvalue weighted by atomic mass is 16.4. The Morgan fingerprint density at radius 2 is 2.07 bits per heavy atom. The van der Waals surface area contributed by atoms with Crippen LogP contribution in [-0.2, 0) is 4.79 Å². The Morgan fingerprint density at radius 3 is 2.64 bits per heavy atom. The van der Waals surface area contributed by atoms with Crippen molar-refractivity contribution in [2.75, 3.05) is 0 Å². The summed E-state index contributed by atoms with van der Waals surface area (Å²) in [7, 11) is 0. The Bertz CT molecular complexity index is 344. The molecule has 14 heavy (non-hydrogen) atoms. The lowest BCUT2D eigenvalue weighted by Crippen LogP contribution is -2.07. The lowest BCUT2D eigenvalue weighted by molar-refractivity contribution is -0.139. The maximum Gasteiger partial charge on any atom is 0.306 e. The SMILES string of the molecule is Cc1cccc([C@H](O)CC(=O)O)c1C. The van der Waals surface area contributed by atoms with E-state index in [1.807, 2.05) is 26.0 Å². The molecule has 0 aliphatic carbocycles. The molecule has 0 aliphatic rings. The van der Waals surface area contributed by atoms with Crippen LogP contribution >= 0.6 is 0 Å². The van der Waals surface area contributed by atoms with Gasteiger partial charge in [0.15, 0.2) is 0 Å². The first kappa shape index (κ1) is 10.7. The first-order valence-corrected chi connectivity index (χ1v) is 4.48. The first-order valence-electron chi connectivity index (χ1n) is 4.48. The Hall–Kier alpha value is -1.35. The zero-order valence-electron chi connectivity index (χ0n) is 8.32. The molecule has 1 aromatic rings. The summed E-state index contributed by atoms with van der Waals surface area (Å²) in [6, 6.07) is 5.52. The molecule has 0 heterocycles. The van der Waals surface area contributed by atoms with Gasteiger partial charge in [-0.15, -0.1) is 0 Å². The van der Waals surface area contributed by atoms with Crippen LogP contribution in [0.1, 0.15) is 29.2 Å². The van der Waals surface area contributed by atoms with Gasteiger partial charge in [-0.3, -0.25) is 4.79 Å². The summed E-state index contributed by atoms with van der Waals surface area (Å²) in [5.41, 5.74) is 2.72. The smallest absolute Gasteiger partial charge is 0.306 e. The van der Waals surface area contributed by atoms with E-state index < -0.39 is 12.1 Å². The van der Waals surface area contributed by atoms with Crippen molar-refractivity contribution in [1.82, 2.24) is 0 Å². The van der Waals surface area contributed by atoms with E-state index in [-0.39, 0.29) is 6.42 Å². The van der Waals surface area contributed by atoms with Crippen molar-refractivity contribution in [3.8, 4) is 0 Å². The van der Waals surface area contributed by atoms with Gasteiger partial charge in [-0.05, 0) is 30.5 Å². The van der Waals surface area contributed by atoms with E-state index in [4.69, 9.17) is 5.11 Å². The molecule has 0 aliphatic heterocycles. The molecule has 0 saturated carbocycles. The monoisotopic (exact) mass is 194 g/mol. The van der Waals surface area contributed by atoms with E-state index in [9.17, 15) is 9.90 Å². The number of aliphatic hydroxyl groups is 1. The molecule has 0 fully saturated rings. The fourth-order valence-electron chi connectivity index (χ4n) is 1.41. The van der Waals surface area contributed by atoms with E-state index in [2.05, 4.69) is 0 Å². The third kappa shape index (κ3) is 2.33. The maximum absolute atomic E-state index is 10.4. The zero-order valence-corrected chi connectivity index (χ0v) is 8.32. The van der Waals surface area contributed by atoms with Crippen LogP contribution in [0.3, 0.4) is 0 Å². The number of benzene rings is 1. The molecule has 0 spiro atoms. The molecular formula is C11H14O3. The topological polar surface area (TPSA) is 57.5 Å². The number of hydrogen-bond acceptors (Lipinski definition) is 2. The van der Waals surface area contributed by atoms with Crippen LogP contribution in [0.5, 0.6) is 0 Å². The quantitative estimate of drug-likeness (QED) is 0.771. The second-order valence-corrected chi connectivity index (χ2v) is 3.40. The fraction of sp³-hybridized carbons (Fsp3) is 0.364. The number of carbonyl (C=O) groups is 1. The molecule has 0 unspecified atom stereocenters. The number of hydrogen-bond donors (Lipinski definition) is 2. The molecule has 0 saturated heterocycles. The maximum atomic E-state index is 10.4. The van der Waals surface area contributed by atoms with Crippen molar-refractivity contribution in [1.29, 1.82) is 0 Å². The van der Waals surface area contributed by atoms with Gasteiger partial charge in [0.25, 0.3) is 0 Å². The summed E-state index contributed by atoms with van der Waals surface area (Å²) < 4.78 is 0. The second-order valence-electron chi connectivity index (χ2n) is 3.40. The third-order valence-corrected chi connectivity index (χ3v) is 2.37. The lowest BCUT2D eigenvalue weighted by atomic mass is 9.98. The average Bonchev–Trinajstić information content (AvgIpc) is 2.08. The van der Waals surface area contributed by atoms with E-state index in [1.54, 1.807) is 6.07 Å². The van der Waals surface area contributed by atoms with E-state index >= 15 is 0 Å². The summed E-state index contributed by atoms with van der Waals surface area (Å²) in [4.78, 5) is 10.4. The third-order valence-electron chi connectivity index (χ3n) is 2.37. The van der Waals surface area contributed by atoms with E-state index in [0.29, 0.717) is 5.56 Å². The number of rotatable bonds is 3. The van der Waals surface area contributed by atoms with Gasteiger partial charge >= 0.3 is 5.97 Å². The number of carboxylic acid groups (broad SMARTS) is 1. The first-order chi connectivity index (χ1) is 6.52. The Morgan fingerprint density at radius 1 is 1.43 bits per heavy atom. The molecule has 0 bridgehead atoms. The van der Waals surface area contributed by atoms with Crippen molar-refractivity contribution in [3.63, 3.8) is 0 Å². The summed E-state index contributed by atoms with van der Waals surface area (Å²) in [5, 5.41) is 18.2. The Balaban J connectivity index is 2.95. The largest absolute Gasteiger partial charge is 0.481 e. The van der Waals surface area contributed by atoms with Gasteiger partial charge in [-0.25, -0.2) is 0 Å². The second kappa shape index (κ2) is 4.24. The molecule has 3 heteroatoms. The van der Waals surface area contributed by atoms with Crippen molar-refractivity contribution in [3.05, 3.63) is 34.9 Å². The van der Waals surface area contributed by atoms with Crippen molar-refractivity contribution >= 4 is 5.97 Å². The Kier molecular flexibility index (Phi) is 3.25. The zero-order chi connectivity index (χ0) is 10.7. The Labute approximate surface area is 83.0 Å². The van der Waals surface area contributed by atoms with Gasteiger partial charge < -0.3 is 10.2 Å². The fourth-order valence-corrected chi connectivity index (χ4v) is 1.41. The van der Waals surface area contributed by atoms with E-state index in [0.717, 1.165) is 11.1 Å². The van der Waals surface area contributed by atoms with Crippen molar-refractivity contribution in [2.45, 2.75) is 26.4 Å².